The van der Waals surface area contributed by atoms with Gasteiger partial charge in [-0.1, -0.05) is 15.9 Å². The van der Waals surface area contributed by atoms with Crippen LogP contribution >= 0.6 is 15.9 Å². The van der Waals surface area contributed by atoms with Crippen LogP contribution < -0.4 is 4.74 Å². The van der Waals surface area contributed by atoms with Crippen LogP contribution in [0.1, 0.15) is 6.92 Å². The molecule has 0 aromatic heterocycles. The molecule has 0 fully saturated rings. The van der Waals surface area contributed by atoms with Gasteiger partial charge in [-0.05, 0) is 25.1 Å². The van der Waals surface area contributed by atoms with E-state index in [0.29, 0.717) is 0 Å². The Hall–Kier alpha value is -0.610. The highest BCUT2D eigenvalue weighted by molar-refractivity contribution is 9.10. The molecule has 1 rings (SSSR count). The van der Waals surface area contributed by atoms with E-state index in [9.17, 15) is 4.39 Å². The molecule has 0 aliphatic rings. The molecule has 0 saturated carbocycles. The van der Waals surface area contributed by atoms with Crippen LogP contribution in [-0.2, 0) is 0 Å². The zero-order chi connectivity index (χ0) is 9.84. The van der Waals surface area contributed by atoms with Gasteiger partial charge in [0, 0.05) is 4.47 Å². The Morgan fingerprint density at radius 3 is 2.92 bits per heavy atom. The number of rotatable bonds is 3. The molecule has 2 nitrogen and oxygen atoms in total. The first-order valence-electron chi connectivity index (χ1n) is 3.86. The molecule has 4 heteroatoms. The van der Waals surface area contributed by atoms with Crippen LogP contribution in [0.3, 0.4) is 0 Å². The van der Waals surface area contributed by atoms with Crippen molar-refractivity contribution in [3.05, 3.63) is 28.5 Å². The molecule has 1 atom stereocenters. The van der Waals surface area contributed by atoms with Gasteiger partial charge in [0.1, 0.15) is 6.10 Å². The summed E-state index contributed by atoms with van der Waals surface area (Å²) < 4.78 is 18.9. The van der Waals surface area contributed by atoms with Crippen molar-refractivity contribution < 1.29 is 14.2 Å². The fourth-order valence-electron chi connectivity index (χ4n) is 0.822. The minimum atomic E-state index is -0.427. The third kappa shape index (κ3) is 2.97. The number of aliphatic hydroxyl groups excluding tert-OH is 1. The van der Waals surface area contributed by atoms with E-state index < -0.39 is 11.9 Å². The Bertz CT molecular complexity index is 291. The molecular weight excluding hydrogens is 239 g/mol. The molecule has 0 aliphatic heterocycles. The zero-order valence-corrected chi connectivity index (χ0v) is 8.71. The van der Waals surface area contributed by atoms with Crippen LogP contribution in [0.5, 0.6) is 5.75 Å². The van der Waals surface area contributed by atoms with Gasteiger partial charge in [-0.2, -0.15) is 0 Å². The highest BCUT2D eigenvalue weighted by atomic mass is 79.9. The van der Waals surface area contributed by atoms with Gasteiger partial charge in [0.2, 0.25) is 0 Å². The Kier molecular flexibility index (Phi) is 3.69. The summed E-state index contributed by atoms with van der Waals surface area (Å²) in [5, 5.41) is 8.70. The molecule has 0 bridgehead atoms. The summed E-state index contributed by atoms with van der Waals surface area (Å²) in [5.74, 6) is -0.278. The Labute approximate surface area is 84.5 Å². The lowest BCUT2D eigenvalue weighted by atomic mass is 10.3. The van der Waals surface area contributed by atoms with Crippen LogP contribution in [0.2, 0.25) is 0 Å². The zero-order valence-electron chi connectivity index (χ0n) is 7.13. The predicted octanol–water partition coefficient (Wildman–Crippen LogP) is 2.35. The van der Waals surface area contributed by atoms with Crippen molar-refractivity contribution in [1.82, 2.24) is 0 Å². The molecule has 0 amide bonds. The van der Waals surface area contributed by atoms with E-state index in [2.05, 4.69) is 15.9 Å². The molecule has 1 unspecified atom stereocenters. The number of ether oxygens (including phenoxy) is 1. The average Bonchev–Trinajstić information content (AvgIpc) is 2.11. The molecule has 0 saturated heterocycles. The van der Waals surface area contributed by atoms with Crippen molar-refractivity contribution in [3.8, 4) is 5.75 Å². The van der Waals surface area contributed by atoms with Gasteiger partial charge in [0.15, 0.2) is 11.6 Å². The van der Waals surface area contributed by atoms with Gasteiger partial charge < -0.3 is 9.84 Å². The largest absolute Gasteiger partial charge is 0.485 e. The van der Waals surface area contributed by atoms with Gasteiger partial charge in [0.05, 0.1) is 6.61 Å². The highest BCUT2D eigenvalue weighted by Gasteiger charge is 2.07. The summed E-state index contributed by atoms with van der Waals surface area (Å²) >= 11 is 3.20. The second-order valence-electron chi connectivity index (χ2n) is 2.69. The van der Waals surface area contributed by atoms with Crippen LogP contribution in [-0.4, -0.2) is 17.8 Å². The van der Waals surface area contributed by atoms with Crippen molar-refractivity contribution in [2.75, 3.05) is 6.61 Å². The van der Waals surface area contributed by atoms with Gasteiger partial charge in [-0.25, -0.2) is 4.39 Å². The fraction of sp³-hybridized carbons (Fsp3) is 0.333. The van der Waals surface area contributed by atoms with E-state index in [1.807, 2.05) is 0 Å². The van der Waals surface area contributed by atoms with Crippen molar-refractivity contribution in [2.24, 2.45) is 0 Å². The second kappa shape index (κ2) is 4.58. The Morgan fingerprint density at radius 2 is 2.31 bits per heavy atom. The first kappa shape index (κ1) is 10.5. The summed E-state index contributed by atoms with van der Waals surface area (Å²) in [5.41, 5.74) is 0. The molecule has 1 N–H and O–H groups in total. The molecule has 0 spiro atoms. The maximum Gasteiger partial charge on any atom is 0.165 e. The topological polar surface area (TPSA) is 29.5 Å². The van der Waals surface area contributed by atoms with Crippen molar-refractivity contribution in [3.63, 3.8) is 0 Å². The number of benzene rings is 1. The SMILES string of the molecule is CC(CO)Oc1cc(Br)ccc1F. The van der Waals surface area contributed by atoms with E-state index in [-0.39, 0.29) is 12.4 Å². The van der Waals surface area contributed by atoms with Crippen LogP contribution in [0.25, 0.3) is 0 Å². The summed E-state index contributed by atoms with van der Waals surface area (Å²) in [6, 6.07) is 4.43. The van der Waals surface area contributed by atoms with Crippen LogP contribution in [0.15, 0.2) is 22.7 Å². The first-order valence-corrected chi connectivity index (χ1v) is 4.65. The summed E-state index contributed by atoms with van der Waals surface area (Å²) in [4.78, 5) is 0. The van der Waals surface area contributed by atoms with Crippen molar-refractivity contribution >= 4 is 15.9 Å². The molecule has 72 valence electrons. The van der Waals surface area contributed by atoms with Gasteiger partial charge in [-0.15, -0.1) is 0 Å². The molecule has 13 heavy (non-hydrogen) atoms. The smallest absolute Gasteiger partial charge is 0.165 e. The molecular formula is C9H10BrFO2. The number of halogens is 2. The monoisotopic (exact) mass is 248 g/mol. The van der Waals surface area contributed by atoms with E-state index >= 15 is 0 Å². The number of aliphatic hydroxyl groups is 1. The summed E-state index contributed by atoms with van der Waals surface area (Å²) in [6.07, 6.45) is -0.399. The average molecular weight is 249 g/mol. The highest BCUT2D eigenvalue weighted by Crippen LogP contribution is 2.22. The van der Waals surface area contributed by atoms with Crippen molar-refractivity contribution in [1.29, 1.82) is 0 Å². The normalized spacial score (nSPS) is 12.6. The van der Waals surface area contributed by atoms with Gasteiger partial charge >= 0.3 is 0 Å². The van der Waals surface area contributed by atoms with E-state index in [1.54, 1.807) is 13.0 Å². The maximum atomic E-state index is 13.0. The van der Waals surface area contributed by atoms with Crippen LogP contribution in [0, 0.1) is 5.82 Å². The third-order valence-corrected chi connectivity index (χ3v) is 1.97. The maximum absolute atomic E-state index is 13.0. The van der Waals surface area contributed by atoms with Crippen LogP contribution in [0.4, 0.5) is 4.39 Å². The number of hydrogen-bond donors (Lipinski definition) is 1. The van der Waals surface area contributed by atoms with Gasteiger partial charge in [0.25, 0.3) is 0 Å². The standard InChI is InChI=1S/C9H10BrFO2/c1-6(5-12)13-9-4-7(10)2-3-8(9)11/h2-4,6,12H,5H2,1H3. The molecule has 1 aromatic carbocycles. The lowest BCUT2D eigenvalue weighted by molar-refractivity contribution is 0.125. The Balaban J connectivity index is 2.81. The summed E-state index contributed by atoms with van der Waals surface area (Å²) in [6.45, 7) is 1.53. The predicted molar refractivity (Wildman–Crippen MR) is 51.3 cm³/mol. The summed E-state index contributed by atoms with van der Waals surface area (Å²) in [7, 11) is 0. The fourth-order valence-corrected chi connectivity index (χ4v) is 1.16. The van der Waals surface area contributed by atoms with E-state index in [0.717, 1.165) is 4.47 Å². The molecule has 0 aliphatic carbocycles. The number of hydrogen-bond acceptors (Lipinski definition) is 2. The molecule has 0 radical (unpaired) electrons. The lowest BCUT2D eigenvalue weighted by Crippen LogP contribution is -2.16. The van der Waals surface area contributed by atoms with E-state index in [1.165, 1.54) is 12.1 Å². The minimum absolute atomic E-state index is 0.133. The minimum Gasteiger partial charge on any atom is -0.485 e. The second-order valence-corrected chi connectivity index (χ2v) is 3.60. The first-order chi connectivity index (χ1) is 6.13. The molecule has 0 heterocycles. The van der Waals surface area contributed by atoms with E-state index in [4.69, 9.17) is 9.84 Å². The Morgan fingerprint density at radius 1 is 1.62 bits per heavy atom. The van der Waals surface area contributed by atoms with Gasteiger partial charge in [-0.3, -0.25) is 0 Å². The van der Waals surface area contributed by atoms with Crippen molar-refractivity contribution in [2.45, 2.75) is 13.0 Å². The lowest BCUT2D eigenvalue weighted by Gasteiger charge is -2.12. The quantitative estimate of drug-likeness (QED) is 0.890. The molecule has 1 aromatic rings. The third-order valence-electron chi connectivity index (χ3n) is 1.48.